The lowest BCUT2D eigenvalue weighted by Crippen LogP contribution is -2.01. The first kappa shape index (κ1) is 39.2. The maximum atomic E-state index is 5.18. The number of para-hydroxylation sites is 4. The topological polar surface area (TPSA) is 48.5 Å². The molecule has 0 radical (unpaired) electrons. The highest BCUT2D eigenvalue weighted by Gasteiger charge is 2.19. The van der Waals surface area contributed by atoms with Gasteiger partial charge in [0.2, 0.25) is 0 Å². The van der Waals surface area contributed by atoms with Gasteiger partial charge in [-0.05, 0) is 76.3 Å². The number of benzene rings is 10. The summed E-state index contributed by atoms with van der Waals surface area (Å²) in [5, 5.41) is 4.92. The summed E-state index contributed by atoms with van der Waals surface area (Å²) in [6.07, 6.45) is 0. The van der Waals surface area contributed by atoms with E-state index < -0.39 is 0 Å². The van der Waals surface area contributed by atoms with Crippen molar-refractivity contribution >= 4 is 43.6 Å². The van der Waals surface area contributed by atoms with Gasteiger partial charge in [0.1, 0.15) is 0 Å². The van der Waals surface area contributed by atoms with E-state index in [1.54, 1.807) is 0 Å². The molecule has 13 rings (SSSR count). The molecule has 0 aliphatic rings. The Bertz CT molecular complexity index is 3910. The van der Waals surface area contributed by atoms with E-state index in [-0.39, 0.29) is 0 Å². The molecule has 0 saturated carbocycles. The van der Waals surface area contributed by atoms with Crippen LogP contribution in [0.2, 0.25) is 0 Å². The summed E-state index contributed by atoms with van der Waals surface area (Å²) in [5.74, 6) is 1.86. The van der Waals surface area contributed by atoms with E-state index in [0.29, 0.717) is 17.5 Å². The Kier molecular flexibility index (Phi) is 9.43. The van der Waals surface area contributed by atoms with Gasteiger partial charge >= 0.3 is 0 Å². The zero-order valence-electron chi connectivity index (χ0n) is 36.9. The van der Waals surface area contributed by atoms with Crippen LogP contribution in [-0.4, -0.2) is 24.1 Å². The lowest BCUT2D eigenvalue weighted by molar-refractivity contribution is 1.07. The first-order valence-corrected chi connectivity index (χ1v) is 23.0. The fraction of sp³-hybridized carbons (Fsp3) is 0. The minimum atomic E-state index is 0.616. The zero-order valence-corrected chi connectivity index (χ0v) is 36.9. The van der Waals surface area contributed by atoms with Crippen molar-refractivity contribution in [1.82, 2.24) is 24.1 Å². The molecule has 68 heavy (non-hydrogen) atoms. The fourth-order valence-electron chi connectivity index (χ4n) is 9.97. The fourth-order valence-corrected chi connectivity index (χ4v) is 9.97. The molecule has 5 nitrogen and oxygen atoms in total. The minimum absolute atomic E-state index is 0.616. The first-order chi connectivity index (χ1) is 33.7. The molecule has 0 aliphatic heterocycles. The second kappa shape index (κ2) is 16.4. The third-order valence-electron chi connectivity index (χ3n) is 13.2. The molecule has 0 N–H and O–H groups in total. The molecule has 0 unspecified atom stereocenters. The Labute approximate surface area is 393 Å². The third-order valence-corrected chi connectivity index (χ3v) is 13.2. The predicted octanol–water partition coefficient (Wildman–Crippen LogP) is 16.1. The number of aromatic nitrogens is 5. The smallest absolute Gasteiger partial charge is 0.164 e. The molecule has 3 heterocycles. The van der Waals surface area contributed by atoms with Crippen LogP contribution in [0.5, 0.6) is 0 Å². The molecule has 3 aromatic heterocycles. The molecule has 5 heteroatoms. The van der Waals surface area contributed by atoms with Gasteiger partial charge < -0.3 is 9.13 Å². The summed E-state index contributed by atoms with van der Waals surface area (Å²) < 4.78 is 4.76. The normalized spacial score (nSPS) is 11.5. The Balaban J connectivity index is 0.895. The van der Waals surface area contributed by atoms with E-state index in [1.807, 2.05) is 18.2 Å². The predicted molar refractivity (Wildman–Crippen MR) is 281 cm³/mol. The lowest BCUT2D eigenvalue weighted by atomic mass is 9.95. The summed E-state index contributed by atoms with van der Waals surface area (Å²) >= 11 is 0. The highest BCUT2D eigenvalue weighted by Crippen LogP contribution is 2.40. The van der Waals surface area contributed by atoms with Gasteiger partial charge in [-0.15, -0.1) is 0 Å². The van der Waals surface area contributed by atoms with Crippen LogP contribution in [0, 0.1) is 0 Å². The van der Waals surface area contributed by atoms with E-state index in [4.69, 9.17) is 15.0 Å². The summed E-state index contributed by atoms with van der Waals surface area (Å²) in [4.78, 5) is 15.4. The Morgan fingerprint density at radius 3 is 1.21 bits per heavy atom. The quantitative estimate of drug-likeness (QED) is 0.153. The van der Waals surface area contributed by atoms with E-state index in [1.165, 1.54) is 43.7 Å². The van der Waals surface area contributed by atoms with Gasteiger partial charge in [-0.2, -0.15) is 0 Å². The number of nitrogens with zero attached hydrogens (tertiary/aromatic N) is 5. The van der Waals surface area contributed by atoms with Gasteiger partial charge in [0.05, 0.1) is 27.8 Å². The number of hydrogen-bond donors (Lipinski definition) is 0. The molecule has 0 bridgehead atoms. The molecule has 318 valence electrons. The Morgan fingerprint density at radius 1 is 0.235 bits per heavy atom. The van der Waals surface area contributed by atoms with Crippen molar-refractivity contribution in [1.29, 1.82) is 0 Å². The molecule has 0 spiro atoms. The Morgan fingerprint density at radius 2 is 0.618 bits per heavy atom. The minimum Gasteiger partial charge on any atom is -0.309 e. The van der Waals surface area contributed by atoms with Crippen molar-refractivity contribution in [2.24, 2.45) is 0 Å². The van der Waals surface area contributed by atoms with Crippen LogP contribution in [0.1, 0.15) is 0 Å². The summed E-state index contributed by atoms with van der Waals surface area (Å²) in [6.45, 7) is 0. The maximum absolute atomic E-state index is 5.18. The summed E-state index contributed by atoms with van der Waals surface area (Å²) in [5.41, 5.74) is 16.5. The molecule has 10 aromatic carbocycles. The van der Waals surface area contributed by atoms with Crippen molar-refractivity contribution < 1.29 is 0 Å². The van der Waals surface area contributed by atoms with Crippen LogP contribution >= 0.6 is 0 Å². The number of hydrogen-bond acceptors (Lipinski definition) is 3. The molecule has 0 aliphatic carbocycles. The van der Waals surface area contributed by atoms with Crippen molar-refractivity contribution in [3.63, 3.8) is 0 Å². The average molecular weight is 868 g/mol. The van der Waals surface area contributed by atoms with Gasteiger partial charge in [-0.3, -0.25) is 0 Å². The highest BCUT2D eigenvalue weighted by atomic mass is 15.0. The molecular formula is C63H41N5. The Hall–Kier alpha value is -9.19. The zero-order chi connectivity index (χ0) is 45.0. The van der Waals surface area contributed by atoms with Gasteiger partial charge in [-0.1, -0.05) is 200 Å². The van der Waals surface area contributed by atoms with Crippen molar-refractivity contribution in [3.05, 3.63) is 249 Å². The van der Waals surface area contributed by atoms with Crippen molar-refractivity contribution in [2.75, 3.05) is 0 Å². The summed E-state index contributed by atoms with van der Waals surface area (Å²) in [6, 6.07) is 88.3. The van der Waals surface area contributed by atoms with Gasteiger partial charge in [-0.25, -0.2) is 15.0 Å². The SMILES string of the molecule is c1ccc(-c2ccc(-c3cccc(-c4ccc(-c5nc(-c6ccccc6)nc(-c6cccc(-n7c8ccccc8c8ccccc87)c6)n5)cc4)c3)c(-n3c4ccccc4c4ccccc43)c2)cc1. The largest absolute Gasteiger partial charge is 0.309 e. The average Bonchev–Trinajstić information content (AvgIpc) is 3.94. The van der Waals surface area contributed by atoms with Crippen LogP contribution in [-0.2, 0) is 0 Å². The van der Waals surface area contributed by atoms with Crippen LogP contribution in [0.15, 0.2) is 249 Å². The van der Waals surface area contributed by atoms with Crippen LogP contribution in [0.25, 0.3) is 123 Å². The van der Waals surface area contributed by atoms with E-state index in [0.717, 1.165) is 61.4 Å². The molecule has 0 fully saturated rings. The second-order valence-electron chi connectivity index (χ2n) is 17.2. The van der Waals surface area contributed by atoms with Crippen LogP contribution in [0.4, 0.5) is 0 Å². The molecule has 0 amide bonds. The van der Waals surface area contributed by atoms with E-state index >= 15 is 0 Å². The number of fused-ring (bicyclic) bond motifs is 6. The lowest BCUT2D eigenvalue weighted by Gasteiger charge is -2.17. The maximum Gasteiger partial charge on any atom is 0.164 e. The molecular weight excluding hydrogens is 827 g/mol. The first-order valence-electron chi connectivity index (χ1n) is 23.0. The number of rotatable bonds is 8. The van der Waals surface area contributed by atoms with Gasteiger partial charge in [0.25, 0.3) is 0 Å². The van der Waals surface area contributed by atoms with Crippen LogP contribution in [0.3, 0.4) is 0 Å². The van der Waals surface area contributed by atoms with Crippen molar-refractivity contribution in [3.8, 4) is 78.9 Å². The van der Waals surface area contributed by atoms with Gasteiger partial charge in [0.15, 0.2) is 17.5 Å². The summed E-state index contributed by atoms with van der Waals surface area (Å²) in [7, 11) is 0. The third kappa shape index (κ3) is 6.76. The van der Waals surface area contributed by atoms with Crippen LogP contribution < -0.4 is 0 Å². The molecule has 0 saturated heterocycles. The molecule has 13 aromatic rings. The monoisotopic (exact) mass is 867 g/mol. The van der Waals surface area contributed by atoms with E-state index in [2.05, 4.69) is 240 Å². The van der Waals surface area contributed by atoms with Gasteiger partial charge in [0, 0.05) is 49.5 Å². The van der Waals surface area contributed by atoms with E-state index in [9.17, 15) is 0 Å². The standard InChI is InChI=1S/C63H41N5/c1-3-17-42(18-4-1)47-37-38-51(60(41-47)68-58-31-13-9-27-54(58)55-28-10-14-32-59(55)68)48-22-15-21-46(39-48)43-33-35-45(36-34-43)62-64-61(44-19-5-2-6-20-44)65-63(66-62)49-23-16-24-50(40-49)67-56-29-11-7-25-52(56)53-26-8-12-30-57(53)67/h1-41H. The molecule has 0 atom stereocenters. The second-order valence-corrected chi connectivity index (χ2v) is 17.2. The van der Waals surface area contributed by atoms with Crippen molar-refractivity contribution in [2.45, 2.75) is 0 Å². The highest BCUT2D eigenvalue weighted by molar-refractivity contribution is 6.10.